The molecule has 0 radical (unpaired) electrons. The molecule has 0 spiro atoms. The zero-order valence-corrected chi connectivity index (χ0v) is 11.4. The van der Waals surface area contributed by atoms with Crippen LogP contribution in [-0.2, 0) is 5.75 Å². The second-order valence-electron chi connectivity index (χ2n) is 4.34. The van der Waals surface area contributed by atoms with Crippen LogP contribution in [0.3, 0.4) is 0 Å². The van der Waals surface area contributed by atoms with Crippen molar-refractivity contribution in [2.75, 3.05) is 5.73 Å². The monoisotopic (exact) mass is 285 g/mol. The predicted octanol–water partition coefficient (Wildman–Crippen LogP) is 3.64. The zero-order chi connectivity index (χ0) is 13.9. The molecule has 0 saturated carbocycles. The lowest BCUT2D eigenvalue weighted by Gasteiger charge is -2.07. The van der Waals surface area contributed by atoms with Crippen molar-refractivity contribution in [1.29, 1.82) is 0 Å². The molecule has 0 atom stereocenters. The van der Waals surface area contributed by atoms with Crippen LogP contribution in [0, 0.1) is 5.82 Å². The molecule has 100 valence electrons. The summed E-state index contributed by atoms with van der Waals surface area (Å²) in [6, 6.07) is 8.55. The summed E-state index contributed by atoms with van der Waals surface area (Å²) in [4.78, 5) is 9.22. The molecule has 0 aliphatic heterocycles. The number of nitrogen functional groups attached to an aromatic ring is 1. The van der Waals surface area contributed by atoms with Gasteiger partial charge in [-0.1, -0.05) is 6.07 Å². The van der Waals surface area contributed by atoms with Gasteiger partial charge in [0.05, 0.1) is 17.4 Å². The summed E-state index contributed by atoms with van der Waals surface area (Å²) in [7, 11) is 0. The molecule has 0 amide bonds. The van der Waals surface area contributed by atoms with E-state index < -0.39 is 0 Å². The Morgan fingerprint density at radius 1 is 1.20 bits per heavy atom. The van der Waals surface area contributed by atoms with Gasteiger partial charge in [0, 0.05) is 28.4 Å². The number of benzene rings is 1. The highest BCUT2D eigenvalue weighted by atomic mass is 32.2. The fourth-order valence-electron chi connectivity index (χ4n) is 2.02. The minimum Gasteiger partial charge on any atom is -0.397 e. The largest absolute Gasteiger partial charge is 0.397 e. The van der Waals surface area contributed by atoms with Gasteiger partial charge in [-0.2, -0.15) is 0 Å². The van der Waals surface area contributed by atoms with Crippen LogP contribution in [0.1, 0.15) is 5.56 Å². The van der Waals surface area contributed by atoms with Gasteiger partial charge in [0.15, 0.2) is 0 Å². The Morgan fingerprint density at radius 2 is 2.10 bits per heavy atom. The van der Waals surface area contributed by atoms with Crippen molar-refractivity contribution in [3.05, 3.63) is 60.3 Å². The normalized spacial score (nSPS) is 10.8. The Balaban J connectivity index is 1.93. The molecule has 2 N–H and O–H groups in total. The van der Waals surface area contributed by atoms with Crippen LogP contribution < -0.4 is 5.73 Å². The maximum Gasteiger partial charge on any atom is 0.124 e. The lowest BCUT2D eigenvalue weighted by molar-refractivity contribution is 0.628. The van der Waals surface area contributed by atoms with E-state index in [-0.39, 0.29) is 5.82 Å². The van der Waals surface area contributed by atoms with Gasteiger partial charge in [-0.15, -0.1) is 11.8 Å². The highest BCUT2D eigenvalue weighted by Gasteiger charge is 2.07. The molecule has 20 heavy (non-hydrogen) atoms. The topological polar surface area (TPSA) is 51.8 Å². The van der Waals surface area contributed by atoms with Crippen LogP contribution in [0.5, 0.6) is 0 Å². The average Bonchev–Trinajstić information content (AvgIpc) is 2.46. The molecule has 3 rings (SSSR count). The molecular formula is C15H12FN3S. The lowest BCUT2D eigenvalue weighted by atomic mass is 10.1. The number of rotatable bonds is 3. The predicted molar refractivity (Wildman–Crippen MR) is 79.9 cm³/mol. The Morgan fingerprint density at radius 3 is 2.95 bits per heavy atom. The minimum atomic E-state index is -0.246. The van der Waals surface area contributed by atoms with Gasteiger partial charge >= 0.3 is 0 Å². The first kappa shape index (κ1) is 12.9. The average molecular weight is 285 g/mol. The Hall–Kier alpha value is -2.14. The van der Waals surface area contributed by atoms with Crippen LogP contribution in [0.15, 0.2) is 53.8 Å². The number of halogens is 1. The third kappa shape index (κ3) is 2.58. The number of thioether (sulfide) groups is 1. The van der Waals surface area contributed by atoms with Crippen LogP contribution in [0.2, 0.25) is 0 Å². The molecule has 0 aliphatic rings. The highest BCUT2D eigenvalue weighted by Crippen LogP contribution is 2.29. The molecule has 2 heterocycles. The van der Waals surface area contributed by atoms with E-state index in [2.05, 4.69) is 9.97 Å². The number of anilines is 1. The quantitative estimate of drug-likeness (QED) is 0.746. The van der Waals surface area contributed by atoms with E-state index in [4.69, 9.17) is 5.73 Å². The molecule has 1 aromatic carbocycles. The van der Waals surface area contributed by atoms with Crippen molar-refractivity contribution in [2.24, 2.45) is 0 Å². The van der Waals surface area contributed by atoms with Crippen molar-refractivity contribution >= 4 is 28.4 Å². The fourth-order valence-corrected chi connectivity index (χ4v) is 2.93. The highest BCUT2D eigenvalue weighted by molar-refractivity contribution is 7.98. The van der Waals surface area contributed by atoms with Gasteiger partial charge in [-0.25, -0.2) is 4.39 Å². The molecular weight excluding hydrogens is 273 g/mol. The summed E-state index contributed by atoms with van der Waals surface area (Å²) < 4.78 is 13.6. The van der Waals surface area contributed by atoms with E-state index in [1.807, 2.05) is 12.1 Å². The van der Waals surface area contributed by atoms with Crippen molar-refractivity contribution in [2.45, 2.75) is 10.6 Å². The van der Waals surface area contributed by atoms with E-state index in [0.717, 1.165) is 21.4 Å². The molecule has 0 bridgehead atoms. The van der Waals surface area contributed by atoms with Crippen LogP contribution in [0.25, 0.3) is 10.9 Å². The van der Waals surface area contributed by atoms with E-state index in [0.29, 0.717) is 11.4 Å². The van der Waals surface area contributed by atoms with Crippen LogP contribution in [-0.4, -0.2) is 9.97 Å². The van der Waals surface area contributed by atoms with Crippen molar-refractivity contribution in [3.8, 4) is 0 Å². The van der Waals surface area contributed by atoms with Gasteiger partial charge < -0.3 is 5.73 Å². The van der Waals surface area contributed by atoms with Crippen molar-refractivity contribution < 1.29 is 4.39 Å². The maximum atomic E-state index is 13.6. The molecule has 0 aliphatic carbocycles. The van der Waals surface area contributed by atoms with Crippen LogP contribution >= 0.6 is 11.8 Å². The third-order valence-electron chi connectivity index (χ3n) is 2.94. The summed E-state index contributed by atoms with van der Waals surface area (Å²) in [5.41, 5.74) is 8.18. The minimum absolute atomic E-state index is 0.246. The smallest absolute Gasteiger partial charge is 0.124 e. The molecule has 3 aromatic rings. The van der Waals surface area contributed by atoms with Crippen molar-refractivity contribution in [3.63, 3.8) is 0 Å². The summed E-state index contributed by atoms with van der Waals surface area (Å²) in [6.45, 7) is 0. The first-order valence-electron chi connectivity index (χ1n) is 6.09. The van der Waals surface area contributed by atoms with Crippen LogP contribution in [0.4, 0.5) is 10.1 Å². The number of hydrogen-bond donors (Lipinski definition) is 1. The van der Waals surface area contributed by atoms with E-state index in [1.54, 1.807) is 36.4 Å². The zero-order valence-electron chi connectivity index (χ0n) is 10.6. The molecule has 5 heteroatoms. The lowest BCUT2D eigenvalue weighted by Crippen LogP contribution is -1.92. The Kier molecular flexibility index (Phi) is 3.52. The number of fused-ring (bicyclic) bond motifs is 1. The summed E-state index contributed by atoms with van der Waals surface area (Å²) in [5, 5.41) is 0.811. The van der Waals surface area contributed by atoms with E-state index in [1.165, 1.54) is 12.1 Å². The third-order valence-corrected chi connectivity index (χ3v) is 4.08. The summed E-state index contributed by atoms with van der Waals surface area (Å²) in [6.07, 6.45) is 5.03. The van der Waals surface area contributed by atoms with Crippen molar-refractivity contribution in [1.82, 2.24) is 9.97 Å². The van der Waals surface area contributed by atoms with Gasteiger partial charge in [-0.05, 0) is 29.8 Å². The SMILES string of the molecule is Nc1cnccc1SCc1cc(F)cc2cccnc12. The fraction of sp³-hybridized carbons (Fsp3) is 0.0667. The van der Waals surface area contributed by atoms with Gasteiger partial charge in [0.25, 0.3) is 0 Å². The number of nitrogens with two attached hydrogens (primary N) is 1. The maximum absolute atomic E-state index is 13.6. The first-order chi connectivity index (χ1) is 9.74. The summed E-state index contributed by atoms with van der Waals surface area (Å²) in [5.74, 6) is 0.364. The first-order valence-corrected chi connectivity index (χ1v) is 7.08. The van der Waals surface area contributed by atoms with E-state index >= 15 is 0 Å². The van der Waals surface area contributed by atoms with Gasteiger partial charge in [0.1, 0.15) is 5.82 Å². The second-order valence-corrected chi connectivity index (χ2v) is 5.36. The molecule has 3 nitrogen and oxygen atoms in total. The standard InChI is InChI=1S/C15H12FN3S/c16-12-6-10-2-1-4-19-15(10)11(7-12)9-20-14-3-5-18-8-13(14)17/h1-8H,9,17H2. The van der Waals surface area contributed by atoms with E-state index in [9.17, 15) is 4.39 Å². The second kappa shape index (κ2) is 5.46. The number of nitrogens with zero attached hydrogens (tertiary/aromatic N) is 2. The Bertz CT molecular complexity index is 761. The molecule has 0 saturated heterocycles. The molecule has 0 fully saturated rings. The number of pyridine rings is 2. The molecule has 0 unspecified atom stereocenters. The Labute approximate surface area is 120 Å². The molecule has 2 aromatic heterocycles. The van der Waals surface area contributed by atoms with Gasteiger partial charge in [-0.3, -0.25) is 9.97 Å². The number of aromatic nitrogens is 2. The van der Waals surface area contributed by atoms with Gasteiger partial charge in [0.2, 0.25) is 0 Å². The number of hydrogen-bond acceptors (Lipinski definition) is 4. The summed E-state index contributed by atoms with van der Waals surface area (Å²) >= 11 is 1.55.